The smallest absolute Gasteiger partial charge is 0.410 e. The van der Waals surface area contributed by atoms with Crippen LogP contribution in [0.2, 0.25) is 0 Å². The number of carboxylic acid groups (broad SMARTS) is 1. The van der Waals surface area contributed by atoms with Crippen LogP contribution in [-0.4, -0.2) is 35.2 Å². The van der Waals surface area contributed by atoms with Gasteiger partial charge in [-0.05, 0) is 12.5 Å². The summed E-state index contributed by atoms with van der Waals surface area (Å²) < 4.78 is 4.98. The van der Waals surface area contributed by atoms with E-state index in [1.807, 2.05) is 30.3 Å². The highest BCUT2D eigenvalue weighted by Gasteiger charge is 2.22. The molecule has 0 saturated heterocycles. The van der Waals surface area contributed by atoms with Crippen molar-refractivity contribution in [2.75, 3.05) is 7.05 Å². The van der Waals surface area contributed by atoms with E-state index >= 15 is 0 Å². The summed E-state index contributed by atoms with van der Waals surface area (Å²) in [5.41, 5.74) is 0.859. The molecular formula is C12H15NO4. The quantitative estimate of drug-likeness (QED) is 0.866. The van der Waals surface area contributed by atoms with Gasteiger partial charge in [-0.15, -0.1) is 0 Å². The number of nitrogens with zero attached hydrogens (tertiary/aromatic N) is 1. The normalized spacial score (nSPS) is 11.6. The molecule has 0 aliphatic carbocycles. The molecule has 0 aliphatic rings. The van der Waals surface area contributed by atoms with Crippen LogP contribution in [-0.2, 0) is 16.1 Å². The Bertz CT molecular complexity index is 391. The first-order valence-corrected chi connectivity index (χ1v) is 5.18. The maximum absolute atomic E-state index is 11.5. The minimum absolute atomic E-state index is 0.135. The molecule has 0 heterocycles. The first-order valence-electron chi connectivity index (χ1n) is 5.18. The zero-order chi connectivity index (χ0) is 12.8. The Labute approximate surface area is 99.6 Å². The average Bonchev–Trinajstić information content (AvgIpc) is 2.35. The molecule has 0 aromatic heterocycles. The number of benzene rings is 1. The predicted octanol–water partition coefficient (Wildman–Crippen LogP) is 1.73. The molecule has 1 aromatic carbocycles. The highest BCUT2D eigenvalue weighted by atomic mass is 16.6. The van der Waals surface area contributed by atoms with Crippen LogP contribution in [0.4, 0.5) is 4.79 Å². The van der Waals surface area contributed by atoms with Crippen LogP contribution in [0.15, 0.2) is 30.3 Å². The molecule has 5 heteroatoms. The van der Waals surface area contributed by atoms with Crippen molar-refractivity contribution in [2.45, 2.75) is 19.6 Å². The highest BCUT2D eigenvalue weighted by molar-refractivity contribution is 5.79. The van der Waals surface area contributed by atoms with E-state index in [-0.39, 0.29) is 6.61 Å². The summed E-state index contributed by atoms with van der Waals surface area (Å²) in [6.07, 6.45) is -0.649. The largest absolute Gasteiger partial charge is 0.480 e. The minimum atomic E-state index is -1.07. The van der Waals surface area contributed by atoms with E-state index in [9.17, 15) is 9.59 Å². The third kappa shape index (κ3) is 3.79. The van der Waals surface area contributed by atoms with Crippen LogP contribution in [0.5, 0.6) is 0 Å². The molecule has 0 spiro atoms. The lowest BCUT2D eigenvalue weighted by molar-refractivity contribution is -0.141. The number of carbonyl (C=O) groups excluding carboxylic acids is 1. The van der Waals surface area contributed by atoms with Crippen LogP contribution >= 0.6 is 0 Å². The van der Waals surface area contributed by atoms with E-state index in [0.717, 1.165) is 10.5 Å². The maximum Gasteiger partial charge on any atom is 0.410 e. The third-order valence-corrected chi connectivity index (χ3v) is 2.43. The van der Waals surface area contributed by atoms with Gasteiger partial charge in [-0.25, -0.2) is 9.59 Å². The number of carbonyl (C=O) groups is 2. The summed E-state index contributed by atoms with van der Waals surface area (Å²) in [5, 5.41) is 8.74. The average molecular weight is 237 g/mol. The van der Waals surface area contributed by atoms with Crippen LogP contribution in [0.25, 0.3) is 0 Å². The molecule has 0 saturated carbocycles. The lowest BCUT2D eigenvalue weighted by atomic mass is 10.2. The van der Waals surface area contributed by atoms with Gasteiger partial charge in [0.2, 0.25) is 0 Å². The Kier molecular flexibility index (Phi) is 4.51. The van der Waals surface area contributed by atoms with Crippen molar-refractivity contribution in [2.24, 2.45) is 0 Å². The summed E-state index contributed by atoms with van der Waals surface area (Å²) in [4.78, 5) is 23.2. The monoisotopic (exact) mass is 237 g/mol. The summed E-state index contributed by atoms with van der Waals surface area (Å²) >= 11 is 0. The van der Waals surface area contributed by atoms with Crippen LogP contribution in [0, 0.1) is 0 Å². The van der Waals surface area contributed by atoms with Gasteiger partial charge in [-0.2, -0.15) is 0 Å². The first kappa shape index (κ1) is 13.0. The van der Waals surface area contributed by atoms with Gasteiger partial charge in [0.05, 0.1) is 0 Å². The molecule has 5 nitrogen and oxygen atoms in total. The van der Waals surface area contributed by atoms with Crippen molar-refractivity contribution >= 4 is 12.1 Å². The second kappa shape index (κ2) is 5.89. The molecule has 0 radical (unpaired) electrons. The Morgan fingerprint density at radius 2 is 1.94 bits per heavy atom. The lowest BCUT2D eigenvalue weighted by Crippen LogP contribution is -2.40. The van der Waals surface area contributed by atoms with Gasteiger partial charge in [0.25, 0.3) is 0 Å². The Morgan fingerprint density at radius 1 is 1.35 bits per heavy atom. The van der Waals surface area contributed by atoms with Crippen molar-refractivity contribution in [1.82, 2.24) is 4.90 Å². The number of hydrogen-bond acceptors (Lipinski definition) is 3. The second-order valence-corrected chi connectivity index (χ2v) is 3.67. The molecule has 0 bridgehead atoms. The molecule has 1 amide bonds. The fourth-order valence-electron chi connectivity index (χ4n) is 1.14. The van der Waals surface area contributed by atoms with Crippen molar-refractivity contribution in [3.63, 3.8) is 0 Å². The number of carboxylic acids is 1. The van der Waals surface area contributed by atoms with Gasteiger partial charge in [0, 0.05) is 7.05 Å². The van der Waals surface area contributed by atoms with Gasteiger partial charge in [-0.1, -0.05) is 30.3 Å². The van der Waals surface area contributed by atoms with Crippen molar-refractivity contribution in [3.8, 4) is 0 Å². The summed E-state index contributed by atoms with van der Waals surface area (Å²) in [6, 6.07) is 8.30. The molecule has 17 heavy (non-hydrogen) atoms. The van der Waals surface area contributed by atoms with E-state index in [0.29, 0.717) is 0 Å². The molecule has 1 rings (SSSR count). The third-order valence-electron chi connectivity index (χ3n) is 2.43. The van der Waals surface area contributed by atoms with Crippen molar-refractivity contribution in [3.05, 3.63) is 35.9 Å². The summed E-state index contributed by atoms with van der Waals surface area (Å²) in [6.45, 7) is 1.56. The number of amides is 1. The zero-order valence-electron chi connectivity index (χ0n) is 9.79. The molecule has 1 unspecified atom stereocenters. The number of rotatable bonds is 4. The number of likely N-dealkylation sites (N-methyl/N-ethyl adjacent to an activating group) is 1. The van der Waals surface area contributed by atoms with Gasteiger partial charge >= 0.3 is 12.1 Å². The van der Waals surface area contributed by atoms with E-state index in [1.165, 1.54) is 14.0 Å². The summed E-state index contributed by atoms with van der Waals surface area (Å²) in [5.74, 6) is -1.07. The molecule has 0 aliphatic heterocycles. The zero-order valence-corrected chi connectivity index (χ0v) is 9.79. The molecule has 1 atom stereocenters. The van der Waals surface area contributed by atoms with E-state index < -0.39 is 18.1 Å². The number of ether oxygens (including phenoxy) is 1. The molecule has 1 N–H and O–H groups in total. The van der Waals surface area contributed by atoms with Gasteiger partial charge in [0.1, 0.15) is 12.6 Å². The Morgan fingerprint density at radius 3 is 2.47 bits per heavy atom. The number of hydrogen-bond donors (Lipinski definition) is 1. The Balaban J connectivity index is 2.47. The fraction of sp³-hybridized carbons (Fsp3) is 0.333. The molecule has 92 valence electrons. The van der Waals surface area contributed by atoms with Gasteiger partial charge in [-0.3, -0.25) is 4.90 Å². The van der Waals surface area contributed by atoms with Gasteiger partial charge in [0.15, 0.2) is 0 Å². The van der Waals surface area contributed by atoms with E-state index in [4.69, 9.17) is 9.84 Å². The van der Waals surface area contributed by atoms with Crippen LogP contribution < -0.4 is 0 Å². The topological polar surface area (TPSA) is 66.8 Å². The molecular weight excluding hydrogens is 222 g/mol. The summed E-state index contributed by atoms with van der Waals surface area (Å²) in [7, 11) is 1.39. The molecule has 0 fully saturated rings. The highest BCUT2D eigenvalue weighted by Crippen LogP contribution is 2.04. The van der Waals surface area contributed by atoms with Crippen LogP contribution in [0.3, 0.4) is 0 Å². The SMILES string of the molecule is CC(C(=O)O)N(C)C(=O)OCc1ccccc1. The number of aliphatic carboxylic acids is 1. The second-order valence-electron chi connectivity index (χ2n) is 3.67. The lowest BCUT2D eigenvalue weighted by Gasteiger charge is -2.20. The van der Waals surface area contributed by atoms with Crippen molar-refractivity contribution < 1.29 is 19.4 Å². The first-order chi connectivity index (χ1) is 8.02. The van der Waals surface area contributed by atoms with E-state index in [2.05, 4.69) is 0 Å². The maximum atomic E-state index is 11.5. The molecule has 1 aromatic rings. The minimum Gasteiger partial charge on any atom is -0.480 e. The van der Waals surface area contributed by atoms with Gasteiger partial charge < -0.3 is 9.84 Å². The van der Waals surface area contributed by atoms with E-state index in [1.54, 1.807) is 0 Å². The Hall–Kier alpha value is -2.04. The standard InChI is InChI=1S/C12H15NO4/c1-9(11(14)15)13(2)12(16)17-8-10-6-4-3-5-7-10/h3-7,9H,8H2,1-2H3,(H,14,15). The van der Waals surface area contributed by atoms with Crippen LogP contribution in [0.1, 0.15) is 12.5 Å². The fourth-order valence-corrected chi connectivity index (χ4v) is 1.14. The van der Waals surface area contributed by atoms with Crippen molar-refractivity contribution in [1.29, 1.82) is 0 Å². The predicted molar refractivity (Wildman–Crippen MR) is 61.5 cm³/mol.